The molecule has 21 heavy (non-hydrogen) atoms. The predicted octanol–water partition coefficient (Wildman–Crippen LogP) is 2.78. The van der Waals surface area contributed by atoms with Gasteiger partial charge in [0, 0.05) is 12.0 Å². The smallest absolute Gasteiger partial charge is 0.232 e. The summed E-state index contributed by atoms with van der Waals surface area (Å²) in [6.07, 6.45) is 9.87. The molecule has 2 aliphatic rings. The number of hydrogen-bond donors (Lipinski definition) is 1. The van der Waals surface area contributed by atoms with Crippen molar-refractivity contribution in [2.24, 2.45) is 5.73 Å². The van der Waals surface area contributed by atoms with Crippen LogP contribution in [0.5, 0.6) is 0 Å². The van der Waals surface area contributed by atoms with Crippen LogP contribution in [0.25, 0.3) is 0 Å². The van der Waals surface area contributed by atoms with Crippen molar-refractivity contribution in [3.8, 4) is 0 Å². The van der Waals surface area contributed by atoms with Gasteiger partial charge in [-0.3, -0.25) is 0 Å². The summed E-state index contributed by atoms with van der Waals surface area (Å²) in [5.41, 5.74) is 6.42. The van der Waals surface area contributed by atoms with E-state index in [0.717, 1.165) is 31.9 Å². The Labute approximate surface area is 127 Å². The molecule has 2 fully saturated rings. The van der Waals surface area contributed by atoms with Crippen LogP contribution in [0.4, 0.5) is 0 Å². The molecule has 1 unspecified atom stereocenters. The third-order valence-electron chi connectivity index (χ3n) is 5.37. The molecule has 1 aromatic heterocycles. The van der Waals surface area contributed by atoms with E-state index < -0.39 is 0 Å². The molecule has 0 spiro atoms. The van der Waals surface area contributed by atoms with Gasteiger partial charge in [-0.15, -0.1) is 0 Å². The van der Waals surface area contributed by atoms with Crippen LogP contribution in [0.3, 0.4) is 0 Å². The fourth-order valence-corrected chi connectivity index (χ4v) is 3.87. The van der Waals surface area contributed by atoms with Gasteiger partial charge in [-0.1, -0.05) is 31.3 Å². The van der Waals surface area contributed by atoms with Crippen LogP contribution in [0.2, 0.25) is 0 Å². The van der Waals surface area contributed by atoms with Crippen LogP contribution >= 0.6 is 0 Å². The van der Waals surface area contributed by atoms with Gasteiger partial charge in [-0.05, 0) is 45.2 Å². The van der Waals surface area contributed by atoms with Gasteiger partial charge in [-0.2, -0.15) is 4.98 Å². The average Bonchev–Trinajstić information content (AvgIpc) is 3.18. The Morgan fingerprint density at radius 1 is 1.19 bits per heavy atom. The van der Waals surface area contributed by atoms with Gasteiger partial charge >= 0.3 is 0 Å². The van der Waals surface area contributed by atoms with E-state index in [9.17, 15) is 0 Å². The minimum Gasteiger partial charge on any atom is -0.339 e. The largest absolute Gasteiger partial charge is 0.339 e. The van der Waals surface area contributed by atoms with Crippen molar-refractivity contribution in [2.75, 3.05) is 19.6 Å². The topological polar surface area (TPSA) is 68.2 Å². The fraction of sp³-hybridized carbons (Fsp3) is 0.875. The molecule has 1 saturated carbocycles. The normalized spacial score (nSPS) is 24.3. The average molecular weight is 292 g/mol. The van der Waals surface area contributed by atoms with Crippen molar-refractivity contribution < 1.29 is 4.52 Å². The minimum atomic E-state index is -0.129. The zero-order valence-corrected chi connectivity index (χ0v) is 13.2. The van der Waals surface area contributed by atoms with E-state index in [-0.39, 0.29) is 11.5 Å². The highest BCUT2D eigenvalue weighted by Crippen LogP contribution is 2.42. The van der Waals surface area contributed by atoms with Crippen LogP contribution in [-0.2, 0) is 5.41 Å². The van der Waals surface area contributed by atoms with Crippen molar-refractivity contribution in [2.45, 2.75) is 69.7 Å². The number of piperidine rings is 1. The lowest BCUT2D eigenvalue weighted by Crippen LogP contribution is -2.36. The van der Waals surface area contributed by atoms with Crippen molar-refractivity contribution in [3.05, 3.63) is 11.7 Å². The highest BCUT2D eigenvalue weighted by Gasteiger charge is 2.39. The van der Waals surface area contributed by atoms with E-state index in [0.29, 0.717) is 5.82 Å². The van der Waals surface area contributed by atoms with Gasteiger partial charge in [0.25, 0.3) is 0 Å². The Kier molecular flexibility index (Phi) is 4.60. The first-order valence-electron chi connectivity index (χ1n) is 8.55. The summed E-state index contributed by atoms with van der Waals surface area (Å²) in [7, 11) is 0. The molecule has 1 aromatic rings. The van der Waals surface area contributed by atoms with Crippen LogP contribution in [0, 0.1) is 0 Å². The molecule has 118 valence electrons. The summed E-state index contributed by atoms with van der Waals surface area (Å²) in [4.78, 5) is 7.10. The molecule has 0 amide bonds. The maximum Gasteiger partial charge on any atom is 0.232 e. The molecule has 1 atom stereocenters. The molecule has 0 bridgehead atoms. The first kappa shape index (κ1) is 15.0. The zero-order valence-electron chi connectivity index (χ0n) is 13.2. The molecule has 5 nitrogen and oxygen atoms in total. The lowest BCUT2D eigenvalue weighted by atomic mass is 9.83. The van der Waals surface area contributed by atoms with E-state index in [1.54, 1.807) is 0 Å². The molecule has 3 rings (SSSR count). The van der Waals surface area contributed by atoms with Gasteiger partial charge in [0.15, 0.2) is 5.82 Å². The Bertz CT molecular complexity index is 447. The van der Waals surface area contributed by atoms with E-state index in [4.69, 9.17) is 10.3 Å². The molecule has 1 aliphatic heterocycles. The molecule has 2 heterocycles. The second-order valence-electron chi connectivity index (χ2n) is 6.77. The fourth-order valence-electron chi connectivity index (χ4n) is 3.87. The summed E-state index contributed by atoms with van der Waals surface area (Å²) >= 11 is 0. The minimum absolute atomic E-state index is 0.121. The van der Waals surface area contributed by atoms with E-state index >= 15 is 0 Å². The summed E-state index contributed by atoms with van der Waals surface area (Å²) in [6.45, 7) is 5.37. The molecule has 2 N–H and O–H groups in total. The van der Waals surface area contributed by atoms with Gasteiger partial charge in [0.1, 0.15) is 0 Å². The summed E-state index contributed by atoms with van der Waals surface area (Å²) < 4.78 is 5.59. The maximum atomic E-state index is 6.30. The highest BCUT2D eigenvalue weighted by molar-refractivity contribution is 5.09. The Morgan fingerprint density at radius 2 is 1.90 bits per heavy atom. The number of aromatic nitrogens is 2. The van der Waals surface area contributed by atoms with Crippen molar-refractivity contribution in [1.29, 1.82) is 0 Å². The van der Waals surface area contributed by atoms with Crippen LogP contribution in [-0.4, -0.2) is 34.7 Å². The molecule has 1 aliphatic carbocycles. The monoisotopic (exact) mass is 292 g/mol. The second-order valence-corrected chi connectivity index (χ2v) is 6.77. The van der Waals surface area contributed by atoms with Crippen molar-refractivity contribution in [1.82, 2.24) is 15.0 Å². The van der Waals surface area contributed by atoms with E-state index in [2.05, 4.69) is 22.0 Å². The summed E-state index contributed by atoms with van der Waals surface area (Å²) in [6, 6.07) is -0.129. The molecule has 1 saturated heterocycles. The highest BCUT2D eigenvalue weighted by atomic mass is 16.5. The van der Waals surface area contributed by atoms with Gasteiger partial charge in [0.05, 0.1) is 6.04 Å². The number of rotatable bonds is 5. The number of hydrogen-bond acceptors (Lipinski definition) is 5. The van der Waals surface area contributed by atoms with Gasteiger partial charge < -0.3 is 15.2 Å². The third-order valence-corrected chi connectivity index (χ3v) is 5.37. The Balaban J connectivity index is 1.66. The van der Waals surface area contributed by atoms with Gasteiger partial charge in [0.2, 0.25) is 5.89 Å². The number of likely N-dealkylation sites (tertiary alicyclic amines) is 1. The maximum absolute atomic E-state index is 6.30. The van der Waals surface area contributed by atoms with Crippen LogP contribution in [0.15, 0.2) is 4.52 Å². The van der Waals surface area contributed by atoms with Crippen molar-refractivity contribution in [3.63, 3.8) is 0 Å². The molecule has 5 heteroatoms. The molecule has 0 radical (unpaired) electrons. The summed E-state index contributed by atoms with van der Waals surface area (Å²) in [5, 5.41) is 4.18. The predicted molar refractivity (Wildman–Crippen MR) is 82.0 cm³/mol. The molecular weight excluding hydrogens is 264 g/mol. The standard InChI is InChI=1S/C16H28N4O/c1-2-16(8-4-5-9-16)15-18-14(19-21-15)13(17)12-20-10-6-3-7-11-20/h13H,2-12,17H2,1H3. The number of nitrogens with zero attached hydrogens (tertiary/aromatic N) is 3. The lowest BCUT2D eigenvalue weighted by molar-refractivity contribution is 0.212. The first-order valence-corrected chi connectivity index (χ1v) is 8.55. The lowest BCUT2D eigenvalue weighted by Gasteiger charge is -2.27. The zero-order chi connectivity index (χ0) is 14.7. The molecular formula is C16H28N4O. The van der Waals surface area contributed by atoms with Crippen LogP contribution < -0.4 is 5.73 Å². The quantitative estimate of drug-likeness (QED) is 0.903. The second kappa shape index (κ2) is 6.44. The Morgan fingerprint density at radius 3 is 2.57 bits per heavy atom. The molecule has 0 aromatic carbocycles. The first-order chi connectivity index (χ1) is 10.2. The summed E-state index contributed by atoms with van der Waals surface area (Å²) in [5.74, 6) is 1.52. The van der Waals surface area contributed by atoms with Crippen LogP contribution in [0.1, 0.15) is 76.0 Å². The van der Waals surface area contributed by atoms with E-state index in [1.807, 2.05) is 0 Å². The SMILES string of the molecule is CCC1(c2nc(C(N)CN3CCCCC3)no2)CCCC1. The van der Waals surface area contributed by atoms with Gasteiger partial charge in [-0.25, -0.2) is 0 Å². The van der Waals surface area contributed by atoms with E-state index in [1.165, 1.54) is 44.9 Å². The number of nitrogens with two attached hydrogens (primary N) is 1. The Hall–Kier alpha value is -0.940. The third kappa shape index (κ3) is 3.14. The van der Waals surface area contributed by atoms with Crippen molar-refractivity contribution >= 4 is 0 Å².